The van der Waals surface area contributed by atoms with Gasteiger partial charge < -0.3 is 9.80 Å². The van der Waals surface area contributed by atoms with Crippen molar-refractivity contribution in [2.45, 2.75) is 25.7 Å². The fraction of sp³-hybridized carbons (Fsp3) is 0.444. The Morgan fingerprint density at radius 1 is 1.29 bits per heavy atom. The largest absolute Gasteiger partial charge is 0.346 e. The summed E-state index contributed by atoms with van der Waals surface area (Å²) in [4.78, 5) is 21.1. The van der Waals surface area contributed by atoms with Crippen LogP contribution in [0.15, 0.2) is 35.8 Å². The van der Waals surface area contributed by atoms with E-state index >= 15 is 0 Å². The molecule has 1 aliphatic heterocycles. The summed E-state index contributed by atoms with van der Waals surface area (Å²) in [6.45, 7) is 5.08. The summed E-state index contributed by atoms with van der Waals surface area (Å²) in [5.74, 6) is -0.243. The molecule has 128 valence electrons. The molecule has 0 unspecified atom stereocenters. The molecule has 4 nitrogen and oxygen atoms in total. The number of rotatable bonds is 4. The molecule has 2 aromatic rings. The first-order chi connectivity index (χ1) is 11.6. The maximum atomic E-state index is 13.9. The zero-order valence-electron chi connectivity index (χ0n) is 13.8. The van der Waals surface area contributed by atoms with Gasteiger partial charge in [-0.2, -0.15) is 0 Å². The number of benzene rings is 1. The lowest BCUT2D eigenvalue weighted by molar-refractivity contribution is -0.131. The summed E-state index contributed by atoms with van der Waals surface area (Å²) in [7, 11) is 0. The lowest BCUT2D eigenvalue weighted by atomic mass is 9.96. The molecule has 24 heavy (non-hydrogen) atoms. The number of hydrogen-bond donors (Lipinski definition) is 0. The third-order valence-electron chi connectivity index (χ3n) is 4.46. The van der Waals surface area contributed by atoms with E-state index in [1.807, 2.05) is 29.5 Å². The predicted octanol–water partition coefficient (Wildman–Crippen LogP) is 3.51. The van der Waals surface area contributed by atoms with Crippen LogP contribution < -0.4 is 4.90 Å². The van der Waals surface area contributed by atoms with E-state index in [0.717, 1.165) is 31.2 Å². The van der Waals surface area contributed by atoms with Gasteiger partial charge in [0.15, 0.2) is 5.13 Å². The van der Waals surface area contributed by atoms with E-state index in [0.29, 0.717) is 18.5 Å². The Labute approximate surface area is 145 Å². The number of hydrogen-bond acceptors (Lipinski definition) is 4. The molecule has 1 aromatic carbocycles. The molecule has 0 bridgehead atoms. The summed E-state index contributed by atoms with van der Waals surface area (Å²) >= 11 is 1.63. The predicted molar refractivity (Wildman–Crippen MR) is 95.0 cm³/mol. The molecular weight excluding hydrogens is 325 g/mol. The molecule has 0 N–H and O–H groups in total. The molecule has 1 saturated heterocycles. The van der Waals surface area contributed by atoms with E-state index in [-0.39, 0.29) is 17.6 Å². The van der Waals surface area contributed by atoms with Gasteiger partial charge in [0.1, 0.15) is 5.82 Å². The van der Waals surface area contributed by atoms with Crippen LogP contribution >= 0.6 is 11.3 Å². The Hall–Kier alpha value is -1.95. The molecule has 2 heterocycles. The first kappa shape index (κ1) is 16.9. The quantitative estimate of drug-likeness (QED) is 0.849. The fourth-order valence-electron chi connectivity index (χ4n) is 3.11. The van der Waals surface area contributed by atoms with E-state index in [4.69, 9.17) is 0 Å². The van der Waals surface area contributed by atoms with Crippen LogP contribution in [-0.2, 0) is 4.79 Å². The number of nitrogens with zero attached hydrogens (tertiary/aromatic N) is 3. The standard InChI is InChI=1S/C18H22FN3OS/c1-14(15-5-2-3-6-16(15)19)13-17(23)21-8-4-9-22(11-10-21)18-20-7-12-24-18/h2-3,5-7,12,14H,4,8-11,13H2,1H3/t14-/m0/s1. The highest BCUT2D eigenvalue weighted by molar-refractivity contribution is 7.13. The summed E-state index contributed by atoms with van der Waals surface area (Å²) in [6, 6.07) is 6.71. The van der Waals surface area contributed by atoms with E-state index in [2.05, 4.69) is 9.88 Å². The van der Waals surface area contributed by atoms with Gasteiger partial charge in [-0.25, -0.2) is 9.37 Å². The van der Waals surface area contributed by atoms with Crippen molar-refractivity contribution >= 4 is 22.4 Å². The van der Waals surface area contributed by atoms with Gasteiger partial charge in [0.2, 0.25) is 5.91 Å². The third kappa shape index (κ3) is 3.93. The van der Waals surface area contributed by atoms with Gasteiger partial charge in [0, 0.05) is 44.2 Å². The molecule has 0 saturated carbocycles. The van der Waals surface area contributed by atoms with Crippen LogP contribution in [-0.4, -0.2) is 42.0 Å². The molecule has 6 heteroatoms. The molecule has 0 radical (unpaired) electrons. The average Bonchev–Trinajstić information content (AvgIpc) is 2.99. The number of carbonyl (C=O) groups is 1. The molecule has 1 aromatic heterocycles. The van der Waals surface area contributed by atoms with Crippen LogP contribution in [0.25, 0.3) is 0 Å². The van der Waals surface area contributed by atoms with Crippen molar-refractivity contribution < 1.29 is 9.18 Å². The van der Waals surface area contributed by atoms with Crippen LogP contribution in [0.4, 0.5) is 9.52 Å². The second-order valence-electron chi connectivity index (χ2n) is 6.16. The first-order valence-corrected chi connectivity index (χ1v) is 9.20. The molecule has 3 rings (SSSR count). The second-order valence-corrected chi connectivity index (χ2v) is 7.04. The molecule has 0 aliphatic carbocycles. The van der Waals surface area contributed by atoms with Crippen molar-refractivity contribution in [3.63, 3.8) is 0 Å². The van der Waals surface area contributed by atoms with E-state index < -0.39 is 0 Å². The van der Waals surface area contributed by atoms with Gasteiger partial charge in [0.05, 0.1) is 0 Å². The van der Waals surface area contributed by atoms with E-state index in [1.54, 1.807) is 23.5 Å². The number of thiazole rings is 1. The van der Waals surface area contributed by atoms with E-state index in [1.165, 1.54) is 6.07 Å². The van der Waals surface area contributed by atoms with Gasteiger partial charge in [0.25, 0.3) is 0 Å². The SMILES string of the molecule is C[C@@H](CC(=O)N1CCCN(c2nccs2)CC1)c1ccccc1F. The third-order valence-corrected chi connectivity index (χ3v) is 5.29. The summed E-state index contributed by atoms with van der Waals surface area (Å²) in [5.41, 5.74) is 0.616. The number of aromatic nitrogens is 1. The summed E-state index contributed by atoms with van der Waals surface area (Å²) in [5, 5.41) is 2.99. The molecule has 1 atom stereocenters. The van der Waals surface area contributed by atoms with Crippen LogP contribution in [0.2, 0.25) is 0 Å². The van der Waals surface area contributed by atoms with Crippen molar-refractivity contribution in [3.8, 4) is 0 Å². The Kier molecular flexibility index (Phi) is 5.45. The monoisotopic (exact) mass is 347 g/mol. The zero-order valence-corrected chi connectivity index (χ0v) is 14.6. The summed E-state index contributed by atoms with van der Waals surface area (Å²) < 4.78 is 13.9. The number of carbonyl (C=O) groups excluding carboxylic acids is 1. The molecular formula is C18H22FN3OS. The highest BCUT2D eigenvalue weighted by Crippen LogP contribution is 2.24. The Morgan fingerprint density at radius 3 is 2.88 bits per heavy atom. The Morgan fingerprint density at radius 2 is 2.12 bits per heavy atom. The molecule has 1 aliphatic rings. The lowest BCUT2D eigenvalue weighted by Crippen LogP contribution is -2.35. The van der Waals surface area contributed by atoms with Crippen molar-refractivity contribution in [1.82, 2.24) is 9.88 Å². The maximum absolute atomic E-state index is 13.9. The molecule has 1 amide bonds. The highest BCUT2D eigenvalue weighted by Gasteiger charge is 2.22. The average molecular weight is 347 g/mol. The fourth-order valence-corrected chi connectivity index (χ4v) is 3.80. The second kappa shape index (κ2) is 7.75. The first-order valence-electron chi connectivity index (χ1n) is 8.32. The van der Waals surface area contributed by atoms with Crippen molar-refractivity contribution in [1.29, 1.82) is 0 Å². The van der Waals surface area contributed by atoms with Crippen molar-refractivity contribution in [2.24, 2.45) is 0 Å². The van der Waals surface area contributed by atoms with Gasteiger partial charge in [-0.05, 0) is 24.0 Å². The van der Waals surface area contributed by atoms with Gasteiger partial charge >= 0.3 is 0 Å². The van der Waals surface area contributed by atoms with Crippen LogP contribution in [0.3, 0.4) is 0 Å². The normalized spacial score (nSPS) is 16.8. The van der Waals surface area contributed by atoms with Crippen molar-refractivity contribution in [3.05, 3.63) is 47.2 Å². The van der Waals surface area contributed by atoms with Crippen LogP contribution in [0.5, 0.6) is 0 Å². The smallest absolute Gasteiger partial charge is 0.223 e. The van der Waals surface area contributed by atoms with Crippen LogP contribution in [0.1, 0.15) is 31.2 Å². The molecule has 1 fully saturated rings. The zero-order chi connectivity index (χ0) is 16.9. The van der Waals surface area contributed by atoms with Crippen LogP contribution in [0, 0.1) is 5.82 Å². The Balaban J connectivity index is 1.58. The van der Waals surface area contributed by atoms with Gasteiger partial charge in [-0.15, -0.1) is 11.3 Å². The van der Waals surface area contributed by atoms with Gasteiger partial charge in [-0.3, -0.25) is 4.79 Å². The van der Waals surface area contributed by atoms with E-state index in [9.17, 15) is 9.18 Å². The Bertz CT molecular complexity index is 677. The number of amides is 1. The minimum atomic E-state index is -0.233. The van der Waals surface area contributed by atoms with Gasteiger partial charge in [-0.1, -0.05) is 25.1 Å². The number of halogens is 1. The topological polar surface area (TPSA) is 36.4 Å². The summed E-state index contributed by atoms with van der Waals surface area (Å²) in [6.07, 6.45) is 3.08. The maximum Gasteiger partial charge on any atom is 0.223 e. The minimum absolute atomic E-state index is 0.103. The highest BCUT2D eigenvalue weighted by atomic mass is 32.1. The number of anilines is 1. The molecule has 0 spiro atoms. The van der Waals surface area contributed by atoms with Crippen molar-refractivity contribution in [2.75, 3.05) is 31.1 Å². The lowest BCUT2D eigenvalue weighted by Gasteiger charge is -2.23. The minimum Gasteiger partial charge on any atom is -0.346 e.